The summed E-state index contributed by atoms with van der Waals surface area (Å²) in [7, 11) is 0. The minimum Gasteiger partial charge on any atom is -0.464 e. The number of carbonyl (C=O) groups is 1. The Morgan fingerprint density at radius 2 is 1.85 bits per heavy atom. The third kappa shape index (κ3) is 4.62. The van der Waals surface area contributed by atoms with Crippen LogP contribution in [0, 0.1) is 0 Å². The second-order valence-electron chi connectivity index (χ2n) is 4.97. The van der Waals surface area contributed by atoms with Gasteiger partial charge >= 0.3 is 5.97 Å². The zero-order valence-electron chi connectivity index (χ0n) is 12.1. The Morgan fingerprint density at radius 3 is 2.45 bits per heavy atom. The molecule has 0 amide bonds. The first-order chi connectivity index (χ1) is 9.79. The Morgan fingerprint density at radius 1 is 1.20 bits per heavy atom. The van der Waals surface area contributed by atoms with Crippen molar-refractivity contribution in [3.63, 3.8) is 0 Å². The maximum atomic E-state index is 11.1. The number of esters is 1. The van der Waals surface area contributed by atoms with Gasteiger partial charge in [0.2, 0.25) is 0 Å². The molecule has 0 N–H and O–H groups in total. The van der Waals surface area contributed by atoms with E-state index in [-0.39, 0.29) is 12.6 Å². The first kappa shape index (κ1) is 15.0. The van der Waals surface area contributed by atoms with Gasteiger partial charge in [-0.3, -0.25) is 0 Å². The van der Waals surface area contributed by atoms with Crippen molar-refractivity contribution >= 4 is 5.97 Å². The van der Waals surface area contributed by atoms with Crippen molar-refractivity contribution in [2.75, 3.05) is 39.5 Å². The van der Waals surface area contributed by atoms with Crippen LogP contribution in [0.3, 0.4) is 0 Å². The third-order valence-corrected chi connectivity index (χ3v) is 3.59. The first-order valence-electron chi connectivity index (χ1n) is 7.32. The topological polar surface area (TPSA) is 38.8 Å². The molecule has 1 heterocycles. The van der Waals surface area contributed by atoms with E-state index in [9.17, 15) is 4.79 Å². The number of hydrogen-bond acceptors (Lipinski definition) is 4. The zero-order valence-corrected chi connectivity index (χ0v) is 12.1. The third-order valence-electron chi connectivity index (χ3n) is 3.59. The standard InChI is InChI=1S/C16H23NO3/c1-2-20-16(18)13-19-12-11-17-9-7-14-5-3-4-6-15(14)8-10-17/h3-6H,2,7-13H2,1H3. The number of hydrogen-bond donors (Lipinski definition) is 0. The molecule has 2 rings (SSSR count). The lowest BCUT2D eigenvalue weighted by Crippen LogP contribution is -2.30. The van der Waals surface area contributed by atoms with Crippen molar-refractivity contribution < 1.29 is 14.3 Å². The van der Waals surface area contributed by atoms with Crippen molar-refractivity contribution in [3.05, 3.63) is 35.4 Å². The van der Waals surface area contributed by atoms with Gasteiger partial charge in [-0.2, -0.15) is 0 Å². The lowest BCUT2D eigenvalue weighted by molar-refractivity contribution is -0.148. The number of rotatable bonds is 6. The van der Waals surface area contributed by atoms with E-state index in [0.29, 0.717) is 13.2 Å². The highest BCUT2D eigenvalue weighted by atomic mass is 16.6. The Bertz CT molecular complexity index is 406. The van der Waals surface area contributed by atoms with Crippen LogP contribution in [-0.4, -0.2) is 50.3 Å². The Balaban J connectivity index is 1.67. The molecule has 1 aliphatic heterocycles. The smallest absolute Gasteiger partial charge is 0.332 e. The van der Waals surface area contributed by atoms with E-state index >= 15 is 0 Å². The summed E-state index contributed by atoms with van der Waals surface area (Å²) in [5.41, 5.74) is 2.92. The van der Waals surface area contributed by atoms with Crippen LogP contribution in [0.1, 0.15) is 18.1 Å². The number of ether oxygens (including phenoxy) is 2. The van der Waals surface area contributed by atoms with Crippen molar-refractivity contribution in [2.45, 2.75) is 19.8 Å². The molecule has 0 spiro atoms. The fourth-order valence-electron chi connectivity index (χ4n) is 2.49. The van der Waals surface area contributed by atoms with Gasteiger partial charge in [0.05, 0.1) is 13.2 Å². The highest BCUT2D eigenvalue weighted by molar-refractivity contribution is 5.70. The summed E-state index contributed by atoms with van der Waals surface area (Å²) >= 11 is 0. The van der Waals surface area contributed by atoms with Crippen molar-refractivity contribution in [2.24, 2.45) is 0 Å². The van der Waals surface area contributed by atoms with Gasteiger partial charge < -0.3 is 14.4 Å². The van der Waals surface area contributed by atoms with Gasteiger partial charge in [-0.1, -0.05) is 24.3 Å². The van der Waals surface area contributed by atoms with Gasteiger partial charge in [0, 0.05) is 19.6 Å². The van der Waals surface area contributed by atoms with Gasteiger partial charge in [-0.25, -0.2) is 4.79 Å². The molecule has 0 bridgehead atoms. The summed E-state index contributed by atoms with van der Waals surface area (Å²) < 4.78 is 10.2. The summed E-state index contributed by atoms with van der Waals surface area (Å²) in [6.45, 7) is 5.82. The molecule has 20 heavy (non-hydrogen) atoms. The quantitative estimate of drug-likeness (QED) is 0.585. The van der Waals surface area contributed by atoms with Gasteiger partial charge in [0.15, 0.2) is 0 Å². The normalized spacial score (nSPS) is 15.4. The maximum absolute atomic E-state index is 11.1. The molecule has 0 aliphatic carbocycles. The van der Waals surface area contributed by atoms with E-state index in [2.05, 4.69) is 29.2 Å². The number of benzene rings is 1. The average Bonchev–Trinajstić information content (AvgIpc) is 2.67. The van der Waals surface area contributed by atoms with E-state index in [1.54, 1.807) is 6.92 Å². The summed E-state index contributed by atoms with van der Waals surface area (Å²) in [5, 5.41) is 0. The van der Waals surface area contributed by atoms with E-state index in [4.69, 9.17) is 9.47 Å². The molecule has 110 valence electrons. The van der Waals surface area contributed by atoms with Crippen molar-refractivity contribution in [1.29, 1.82) is 0 Å². The molecule has 4 nitrogen and oxygen atoms in total. The number of nitrogens with zero attached hydrogens (tertiary/aromatic N) is 1. The molecule has 0 fully saturated rings. The highest BCUT2D eigenvalue weighted by Crippen LogP contribution is 2.15. The van der Waals surface area contributed by atoms with Gasteiger partial charge in [0.1, 0.15) is 6.61 Å². The molecule has 0 radical (unpaired) electrons. The second-order valence-corrected chi connectivity index (χ2v) is 4.97. The van der Waals surface area contributed by atoms with Crippen molar-refractivity contribution in [3.8, 4) is 0 Å². The largest absolute Gasteiger partial charge is 0.464 e. The molecule has 1 aliphatic rings. The molecular weight excluding hydrogens is 254 g/mol. The van der Waals surface area contributed by atoms with Crippen LogP contribution in [-0.2, 0) is 27.1 Å². The second kappa shape index (κ2) is 8.02. The van der Waals surface area contributed by atoms with E-state index in [1.807, 2.05) is 0 Å². The van der Waals surface area contributed by atoms with Gasteiger partial charge in [-0.05, 0) is 30.9 Å². The van der Waals surface area contributed by atoms with Crippen molar-refractivity contribution in [1.82, 2.24) is 4.90 Å². The fourth-order valence-corrected chi connectivity index (χ4v) is 2.49. The molecule has 1 aromatic carbocycles. The molecule has 0 aromatic heterocycles. The van der Waals surface area contributed by atoms with Crippen LogP contribution >= 0.6 is 0 Å². The Kier molecular flexibility index (Phi) is 6.02. The summed E-state index contributed by atoms with van der Waals surface area (Å²) in [5.74, 6) is -0.282. The van der Waals surface area contributed by atoms with Crippen LogP contribution < -0.4 is 0 Å². The summed E-state index contributed by atoms with van der Waals surface area (Å²) in [4.78, 5) is 13.5. The number of fused-ring (bicyclic) bond motifs is 1. The molecule has 0 atom stereocenters. The predicted molar refractivity (Wildman–Crippen MR) is 77.7 cm³/mol. The lowest BCUT2D eigenvalue weighted by Gasteiger charge is -2.19. The minimum atomic E-state index is -0.282. The summed E-state index contributed by atoms with van der Waals surface area (Å²) in [6.07, 6.45) is 2.18. The summed E-state index contributed by atoms with van der Waals surface area (Å²) in [6, 6.07) is 8.65. The van der Waals surface area contributed by atoms with Crippen LogP contribution in [0.15, 0.2) is 24.3 Å². The first-order valence-corrected chi connectivity index (χ1v) is 7.32. The van der Waals surface area contributed by atoms with E-state index in [0.717, 1.165) is 32.5 Å². The number of carbonyl (C=O) groups excluding carboxylic acids is 1. The Labute approximate surface area is 120 Å². The van der Waals surface area contributed by atoms with Gasteiger partial charge in [0.25, 0.3) is 0 Å². The molecule has 1 aromatic rings. The lowest BCUT2D eigenvalue weighted by atomic mass is 10.0. The molecule has 0 saturated carbocycles. The van der Waals surface area contributed by atoms with E-state index in [1.165, 1.54) is 11.1 Å². The van der Waals surface area contributed by atoms with Crippen LogP contribution in [0.25, 0.3) is 0 Å². The predicted octanol–water partition coefficient (Wildman–Crippen LogP) is 1.67. The molecule has 0 unspecified atom stereocenters. The molecule has 0 saturated heterocycles. The maximum Gasteiger partial charge on any atom is 0.332 e. The minimum absolute atomic E-state index is 0.0574. The molecule has 4 heteroatoms. The van der Waals surface area contributed by atoms with Gasteiger partial charge in [-0.15, -0.1) is 0 Å². The van der Waals surface area contributed by atoms with Crippen LogP contribution in [0.4, 0.5) is 0 Å². The van der Waals surface area contributed by atoms with E-state index < -0.39 is 0 Å². The highest BCUT2D eigenvalue weighted by Gasteiger charge is 2.13. The Hall–Kier alpha value is -1.39. The SMILES string of the molecule is CCOC(=O)COCCN1CCc2ccccc2CC1. The fraction of sp³-hybridized carbons (Fsp3) is 0.562. The average molecular weight is 277 g/mol. The molecular formula is C16H23NO3. The monoisotopic (exact) mass is 277 g/mol. The van der Waals surface area contributed by atoms with Crippen LogP contribution in [0.2, 0.25) is 0 Å². The van der Waals surface area contributed by atoms with Crippen LogP contribution in [0.5, 0.6) is 0 Å². The zero-order chi connectivity index (χ0) is 14.2.